The standard InChI is InChI=1S/C47H28N2OS/c1-3-7-44-40(5-1)42-24-35-22-38(17-13-31(35)26-45(42)50-44)49(37-15-11-29(12-16-37)30-9-10-34-28-48-20-19-33(34)21-30)39-18-14-32-27-47-43(25-36(32)23-39)41-6-2-4-8-46(41)51-47/h1-28H. The van der Waals surface area contributed by atoms with E-state index in [4.69, 9.17) is 4.42 Å². The maximum Gasteiger partial charge on any atom is 0.136 e. The lowest BCUT2D eigenvalue weighted by atomic mass is 10.0. The van der Waals surface area contributed by atoms with E-state index in [9.17, 15) is 0 Å². The monoisotopic (exact) mass is 668 g/mol. The largest absolute Gasteiger partial charge is 0.456 e. The van der Waals surface area contributed by atoms with Crippen LogP contribution in [0, 0.1) is 0 Å². The molecule has 11 aromatic rings. The van der Waals surface area contributed by atoms with Crippen molar-refractivity contribution in [3.05, 3.63) is 170 Å². The van der Waals surface area contributed by atoms with Gasteiger partial charge in [0.2, 0.25) is 0 Å². The maximum absolute atomic E-state index is 6.23. The fourth-order valence-corrected chi connectivity index (χ4v) is 8.84. The van der Waals surface area contributed by atoms with Crippen LogP contribution in [0.4, 0.5) is 17.1 Å². The minimum absolute atomic E-state index is 0.913. The third kappa shape index (κ3) is 4.61. The molecule has 0 aliphatic rings. The van der Waals surface area contributed by atoms with E-state index in [2.05, 4.69) is 155 Å². The van der Waals surface area contributed by atoms with Crippen LogP contribution >= 0.6 is 11.3 Å². The molecule has 0 atom stereocenters. The summed E-state index contributed by atoms with van der Waals surface area (Å²) in [5.74, 6) is 0. The van der Waals surface area contributed by atoms with E-state index in [-0.39, 0.29) is 0 Å². The Bertz CT molecular complexity index is 3000. The first-order valence-electron chi connectivity index (χ1n) is 17.2. The second kappa shape index (κ2) is 11.0. The predicted molar refractivity (Wildman–Crippen MR) is 217 cm³/mol. The number of furan rings is 1. The zero-order valence-electron chi connectivity index (χ0n) is 27.4. The van der Waals surface area contributed by atoms with Gasteiger partial charge in [0, 0.05) is 65.8 Å². The lowest BCUT2D eigenvalue weighted by molar-refractivity contribution is 0.669. The van der Waals surface area contributed by atoms with Gasteiger partial charge >= 0.3 is 0 Å². The Balaban J connectivity index is 1.08. The van der Waals surface area contributed by atoms with Crippen molar-refractivity contribution in [3.63, 3.8) is 0 Å². The van der Waals surface area contributed by atoms with Crippen LogP contribution in [-0.4, -0.2) is 4.98 Å². The number of pyridine rings is 1. The third-order valence-corrected chi connectivity index (χ3v) is 11.4. The number of rotatable bonds is 4. The SMILES string of the molecule is c1ccc2c(c1)oc1cc3ccc(N(c4ccc(-c5ccc6cnccc6c5)cc4)c4ccc5cc6sc7ccccc7c6cc5c4)cc3cc12. The topological polar surface area (TPSA) is 29.3 Å². The molecule has 11 rings (SSSR count). The van der Waals surface area contributed by atoms with Crippen molar-refractivity contribution >= 4 is 103 Å². The molecule has 0 fully saturated rings. The summed E-state index contributed by atoms with van der Waals surface area (Å²) < 4.78 is 8.87. The second-order valence-electron chi connectivity index (χ2n) is 13.3. The van der Waals surface area contributed by atoms with Crippen molar-refractivity contribution in [2.24, 2.45) is 0 Å². The highest BCUT2D eigenvalue weighted by Gasteiger charge is 2.16. The molecule has 238 valence electrons. The zero-order chi connectivity index (χ0) is 33.5. The molecule has 0 amide bonds. The van der Waals surface area contributed by atoms with Crippen LogP contribution in [0.1, 0.15) is 0 Å². The normalized spacial score (nSPS) is 11.9. The van der Waals surface area contributed by atoms with Gasteiger partial charge in [0.1, 0.15) is 11.2 Å². The van der Waals surface area contributed by atoms with Gasteiger partial charge in [-0.3, -0.25) is 4.98 Å². The summed E-state index contributed by atoms with van der Waals surface area (Å²) in [5.41, 5.74) is 7.50. The van der Waals surface area contributed by atoms with Gasteiger partial charge in [0.25, 0.3) is 0 Å². The molecule has 4 heteroatoms. The first kappa shape index (κ1) is 28.4. The molecule has 3 heterocycles. The van der Waals surface area contributed by atoms with E-state index in [1.807, 2.05) is 35.9 Å². The summed E-state index contributed by atoms with van der Waals surface area (Å²) in [6.07, 6.45) is 3.77. The van der Waals surface area contributed by atoms with Gasteiger partial charge in [-0.25, -0.2) is 0 Å². The summed E-state index contributed by atoms with van der Waals surface area (Å²) in [7, 11) is 0. The highest BCUT2D eigenvalue weighted by molar-refractivity contribution is 7.25. The Labute approximate surface area is 297 Å². The van der Waals surface area contributed by atoms with Crippen molar-refractivity contribution in [2.75, 3.05) is 4.90 Å². The average Bonchev–Trinajstić information content (AvgIpc) is 3.73. The van der Waals surface area contributed by atoms with Crippen LogP contribution in [0.5, 0.6) is 0 Å². The lowest BCUT2D eigenvalue weighted by Crippen LogP contribution is -2.09. The number of nitrogens with zero attached hydrogens (tertiary/aromatic N) is 2. The van der Waals surface area contributed by atoms with E-state index < -0.39 is 0 Å². The molecule has 8 aromatic carbocycles. The summed E-state index contributed by atoms with van der Waals surface area (Å²) in [5, 5.41) is 12.0. The van der Waals surface area contributed by atoms with Gasteiger partial charge in [-0.15, -0.1) is 11.3 Å². The van der Waals surface area contributed by atoms with Crippen molar-refractivity contribution < 1.29 is 4.42 Å². The summed E-state index contributed by atoms with van der Waals surface area (Å²) >= 11 is 1.86. The molecule has 0 radical (unpaired) electrons. The third-order valence-electron chi connectivity index (χ3n) is 10.3. The maximum atomic E-state index is 6.23. The smallest absolute Gasteiger partial charge is 0.136 e. The van der Waals surface area contributed by atoms with E-state index >= 15 is 0 Å². The van der Waals surface area contributed by atoms with Gasteiger partial charge in [-0.1, -0.05) is 72.8 Å². The van der Waals surface area contributed by atoms with Crippen LogP contribution in [0.25, 0.3) is 85.6 Å². The van der Waals surface area contributed by atoms with E-state index in [1.54, 1.807) is 0 Å². The van der Waals surface area contributed by atoms with Gasteiger partial charge < -0.3 is 9.32 Å². The van der Waals surface area contributed by atoms with Crippen molar-refractivity contribution in [1.29, 1.82) is 0 Å². The number of anilines is 3. The molecule has 3 nitrogen and oxygen atoms in total. The number of fused-ring (bicyclic) bond motifs is 9. The van der Waals surface area contributed by atoms with Crippen molar-refractivity contribution in [2.45, 2.75) is 0 Å². The van der Waals surface area contributed by atoms with Gasteiger partial charge in [0.15, 0.2) is 0 Å². The number of thiophene rings is 1. The Morgan fingerprint density at radius 2 is 1.08 bits per heavy atom. The molecule has 0 aliphatic heterocycles. The molecule has 51 heavy (non-hydrogen) atoms. The molecule has 0 spiro atoms. The average molecular weight is 669 g/mol. The number of aromatic nitrogens is 1. The highest BCUT2D eigenvalue weighted by atomic mass is 32.1. The quantitative estimate of drug-likeness (QED) is 0.187. The zero-order valence-corrected chi connectivity index (χ0v) is 28.2. The molecule has 0 saturated heterocycles. The van der Waals surface area contributed by atoms with E-state index in [0.29, 0.717) is 0 Å². The molecular formula is C47H28N2OS. The highest BCUT2D eigenvalue weighted by Crippen LogP contribution is 2.42. The first-order valence-corrected chi connectivity index (χ1v) is 18.0. The number of hydrogen-bond acceptors (Lipinski definition) is 4. The Morgan fingerprint density at radius 1 is 0.412 bits per heavy atom. The van der Waals surface area contributed by atoms with Crippen LogP contribution < -0.4 is 4.90 Å². The molecule has 0 bridgehead atoms. The van der Waals surface area contributed by atoms with E-state index in [0.717, 1.165) is 49.8 Å². The molecule has 0 N–H and O–H groups in total. The van der Waals surface area contributed by atoms with Crippen molar-refractivity contribution in [1.82, 2.24) is 4.98 Å². The van der Waals surface area contributed by atoms with Gasteiger partial charge in [0.05, 0.1) is 0 Å². The predicted octanol–water partition coefficient (Wildman–Crippen LogP) is 13.9. The van der Waals surface area contributed by atoms with Crippen LogP contribution in [0.15, 0.2) is 175 Å². The number of para-hydroxylation sites is 1. The van der Waals surface area contributed by atoms with Crippen molar-refractivity contribution in [3.8, 4) is 11.1 Å². The molecule has 0 aliphatic carbocycles. The summed E-state index contributed by atoms with van der Waals surface area (Å²) in [6.45, 7) is 0. The summed E-state index contributed by atoms with van der Waals surface area (Å²) in [4.78, 5) is 6.66. The second-order valence-corrected chi connectivity index (χ2v) is 14.4. The Morgan fingerprint density at radius 3 is 1.92 bits per heavy atom. The fourth-order valence-electron chi connectivity index (χ4n) is 7.70. The first-order chi connectivity index (χ1) is 25.2. The van der Waals surface area contributed by atoms with Crippen LogP contribution in [0.3, 0.4) is 0 Å². The number of hydrogen-bond donors (Lipinski definition) is 0. The van der Waals surface area contributed by atoms with Gasteiger partial charge in [-0.2, -0.15) is 0 Å². The van der Waals surface area contributed by atoms with Gasteiger partial charge in [-0.05, 0) is 123 Å². The lowest BCUT2D eigenvalue weighted by Gasteiger charge is -2.26. The Kier molecular flexibility index (Phi) is 6.12. The number of benzene rings is 8. The fraction of sp³-hybridized carbons (Fsp3) is 0. The molecule has 0 unspecified atom stereocenters. The minimum atomic E-state index is 0.913. The Hall–Kier alpha value is -6.49. The molecular weight excluding hydrogens is 641 g/mol. The molecule has 0 saturated carbocycles. The minimum Gasteiger partial charge on any atom is -0.456 e. The van der Waals surface area contributed by atoms with Crippen LogP contribution in [-0.2, 0) is 0 Å². The van der Waals surface area contributed by atoms with Crippen LogP contribution in [0.2, 0.25) is 0 Å². The summed E-state index contributed by atoms with van der Waals surface area (Å²) in [6, 6.07) is 57.3. The molecule has 3 aromatic heterocycles. The van der Waals surface area contributed by atoms with E-state index in [1.165, 1.54) is 52.8 Å².